The Morgan fingerprint density at radius 1 is 0.902 bits per heavy atom. The van der Waals surface area contributed by atoms with Crippen molar-refractivity contribution in [1.29, 1.82) is 0 Å². The Morgan fingerprint density at radius 3 is 2.22 bits per heavy atom. The van der Waals surface area contributed by atoms with Crippen LogP contribution in [0.3, 0.4) is 0 Å². The number of halogens is 4. The first kappa shape index (κ1) is 29.4. The van der Waals surface area contributed by atoms with E-state index in [1.54, 1.807) is 30.6 Å². The normalized spacial score (nSPS) is 12.0. The zero-order valence-electron chi connectivity index (χ0n) is 21.3. The van der Waals surface area contributed by atoms with Crippen molar-refractivity contribution in [3.63, 3.8) is 0 Å². The molecular formula is C29H23F4N3O4S. The van der Waals surface area contributed by atoms with Gasteiger partial charge in [-0.25, -0.2) is 12.8 Å². The highest BCUT2D eigenvalue weighted by Gasteiger charge is 2.33. The van der Waals surface area contributed by atoms with Crippen molar-refractivity contribution in [2.45, 2.75) is 24.3 Å². The Labute approximate surface area is 233 Å². The molecule has 3 aromatic carbocycles. The summed E-state index contributed by atoms with van der Waals surface area (Å²) < 4.78 is 84.8. The van der Waals surface area contributed by atoms with Crippen molar-refractivity contribution in [1.82, 2.24) is 9.29 Å². The highest BCUT2D eigenvalue weighted by Crippen LogP contribution is 2.30. The summed E-state index contributed by atoms with van der Waals surface area (Å²) in [5, 5.41) is 2.63. The smallest absolute Gasteiger partial charge is 0.405 e. The number of ether oxygens (including phenoxy) is 1. The molecule has 0 atom stereocenters. The van der Waals surface area contributed by atoms with Gasteiger partial charge < -0.3 is 10.1 Å². The maximum Gasteiger partial charge on any atom is 0.573 e. The molecule has 0 unspecified atom stereocenters. The Balaban J connectivity index is 1.58. The third-order valence-electron chi connectivity index (χ3n) is 5.71. The van der Waals surface area contributed by atoms with Gasteiger partial charge in [-0.3, -0.25) is 9.78 Å². The Hall–Kier alpha value is -4.55. The molecule has 0 saturated heterocycles. The summed E-state index contributed by atoms with van der Waals surface area (Å²) >= 11 is 0. The summed E-state index contributed by atoms with van der Waals surface area (Å²) in [6.45, 7) is -0.731. The largest absolute Gasteiger partial charge is 0.573 e. The monoisotopic (exact) mass is 585 g/mol. The Bertz CT molecular complexity index is 1610. The number of hydrogen-bond acceptors (Lipinski definition) is 5. The molecule has 0 spiro atoms. The minimum Gasteiger partial charge on any atom is -0.405 e. The van der Waals surface area contributed by atoms with Gasteiger partial charge in [0, 0.05) is 42.8 Å². The van der Waals surface area contributed by atoms with Crippen LogP contribution in [0.1, 0.15) is 16.7 Å². The van der Waals surface area contributed by atoms with Gasteiger partial charge in [-0.2, -0.15) is 4.31 Å². The van der Waals surface area contributed by atoms with Crippen molar-refractivity contribution in [3.8, 4) is 5.75 Å². The van der Waals surface area contributed by atoms with Crippen molar-refractivity contribution in [2.75, 3.05) is 5.32 Å². The first-order valence-electron chi connectivity index (χ1n) is 12.1. The van der Waals surface area contributed by atoms with E-state index in [2.05, 4.69) is 15.0 Å². The van der Waals surface area contributed by atoms with Gasteiger partial charge in [0.05, 0.1) is 4.90 Å². The number of anilines is 1. The van der Waals surface area contributed by atoms with E-state index >= 15 is 0 Å². The van der Waals surface area contributed by atoms with E-state index in [4.69, 9.17) is 0 Å². The number of para-hydroxylation sites is 1. The molecule has 1 heterocycles. The highest BCUT2D eigenvalue weighted by molar-refractivity contribution is 7.89. The number of hydrogen-bond donors (Lipinski definition) is 1. The van der Waals surface area contributed by atoms with E-state index in [9.17, 15) is 30.8 Å². The zero-order chi connectivity index (χ0) is 29.5. The molecule has 4 rings (SSSR count). The topological polar surface area (TPSA) is 88.6 Å². The van der Waals surface area contributed by atoms with Gasteiger partial charge in [-0.15, -0.1) is 13.2 Å². The number of nitrogens with one attached hydrogen (secondary N) is 1. The number of alkyl halides is 3. The van der Waals surface area contributed by atoms with Crippen LogP contribution in [-0.4, -0.2) is 30.0 Å². The molecule has 1 aromatic heterocycles. The molecule has 0 aliphatic heterocycles. The molecule has 0 fully saturated rings. The molecule has 12 heteroatoms. The quantitative estimate of drug-likeness (QED) is 0.178. The van der Waals surface area contributed by atoms with E-state index in [-0.39, 0.29) is 17.0 Å². The van der Waals surface area contributed by atoms with E-state index < -0.39 is 40.4 Å². The average Bonchev–Trinajstić information content (AvgIpc) is 2.94. The van der Waals surface area contributed by atoms with Crippen LogP contribution in [0, 0.1) is 5.82 Å². The summed E-state index contributed by atoms with van der Waals surface area (Å²) in [6.07, 6.45) is 1.08. The van der Waals surface area contributed by atoms with Gasteiger partial charge in [-0.05, 0) is 71.8 Å². The molecular weight excluding hydrogens is 562 g/mol. The summed E-state index contributed by atoms with van der Waals surface area (Å²) in [7, 11) is -4.29. The van der Waals surface area contributed by atoms with Gasteiger partial charge in [0.15, 0.2) is 0 Å². The molecule has 1 N–H and O–H groups in total. The Morgan fingerprint density at radius 2 is 1.56 bits per heavy atom. The van der Waals surface area contributed by atoms with E-state index in [0.29, 0.717) is 11.3 Å². The molecule has 0 aliphatic carbocycles. The highest BCUT2D eigenvalue weighted by atomic mass is 32.2. The van der Waals surface area contributed by atoms with Crippen LogP contribution in [0.15, 0.2) is 108 Å². The number of aromatic nitrogens is 1. The number of carbonyl (C=O) groups is 1. The maximum atomic E-state index is 13.7. The lowest BCUT2D eigenvalue weighted by Gasteiger charge is -2.24. The minimum absolute atomic E-state index is 0.0274. The second-order valence-corrected chi connectivity index (χ2v) is 10.6. The van der Waals surface area contributed by atoms with Gasteiger partial charge in [0.1, 0.15) is 11.6 Å². The maximum absolute atomic E-state index is 13.7. The lowest BCUT2D eigenvalue weighted by molar-refractivity contribution is -0.275. The van der Waals surface area contributed by atoms with E-state index in [1.807, 2.05) is 0 Å². The lowest BCUT2D eigenvalue weighted by Crippen LogP contribution is -2.31. The fourth-order valence-electron chi connectivity index (χ4n) is 3.76. The number of benzene rings is 3. The molecule has 212 valence electrons. The first-order valence-corrected chi connectivity index (χ1v) is 13.5. The lowest BCUT2D eigenvalue weighted by atomic mass is 10.2. The van der Waals surface area contributed by atoms with Crippen LogP contribution >= 0.6 is 0 Å². The van der Waals surface area contributed by atoms with Crippen molar-refractivity contribution in [3.05, 3.63) is 126 Å². The van der Waals surface area contributed by atoms with Crippen LogP contribution in [0.25, 0.3) is 6.08 Å². The Kier molecular flexibility index (Phi) is 9.15. The fraction of sp³-hybridized carbons (Fsp3) is 0.103. The average molecular weight is 586 g/mol. The van der Waals surface area contributed by atoms with Gasteiger partial charge in [-0.1, -0.05) is 30.3 Å². The van der Waals surface area contributed by atoms with Crippen LogP contribution in [0.2, 0.25) is 0 Å². The SMILES string of the molecule is O=C(/C=C/c1ccncc1)Nc1ccc(S(=O)(=O)N(Cc2ccc(F)cc2)Cc2ccccc2OC(F)(F)F)cc1. The molecule has 0 radical (unpaired) electrons. The van der Waals surface area contributed by atoms with E-state index in [1.165, 1.54) is 60.7 Å². The molecule has 4 aromatic rings. The minimum atomic E-state index is -4.98. The zero-order valence-corrected chi connectivity index (χ0v) is 22.1. The summed E-state index contributed by atoms with van der Waals surface area (Å²) in [6, 6.07) is 19.0. The van der Waals surface area contributed by atoms with Crippen LogP contribution < -0.4 is 10.1 Å². The van der Waals surface area contributed by atoms with Crippen LogP contribution in [0.5, 0.6) is 5.75 Å². The second kappa shape index (κ2) is 12.7. The number of amides is 1. The predicted octanol–water partition coefficient (Wildman–Crippen LogP) is 6.16. The second-order valence-electron chi connectivity index (χ2n) is 8.68. The summed E-state index contributed by atoms with van der Waals surface area (Å²) in [5.74, 6) is -1.52. The van der Waals surface area contributed by atoms with Gasteiger partial charge >= 0.3 is 6.36 Å². The van der Waals surface area contributed by atoms with Crippen LogP contribution in [-0.2, 0) is 27.9 Å². The van der Waals surface area contributed by atoms with Gasteiger partial charge in [0.2, 0.25) is 15.9 Å². The molecule has 0 saturated carbocycles. The number of carbonyl (C=O) groups excluding carboxylic acids is 1. The summed E-state index contributed by atoms with van der Waals surface area (Å²) in [5.41, 5.74) is 1.47. The third-order valence-corrected chi connectivity index (χ3v) is 7.52. The number of rotatable bonds is 10. The first-order chi connectivity index (χ1) is 19.5. The third kappa shape index (κ3) is 8.47. The predicted molar refractivity (Wildman–Crippen MR) is 144 cm³/mol. The van der Waals surface area contributed by atoms with E-state index in [0.717, 1.165) is 28.1 Å². The summed E-state index contributed by atoms with van der Waals surface area (Å²) in [4.78, 5) is 16.0. The fourth-order valence-corrected chi connectivity index (χ4v) is 5.16. The standard InChI is InChI=1S/C29H23F4N3O4S/c30-24-8-5-22(6-9-24)19-36(20-23-3-1-2-4-27(23)40-29(31,32)33)41(38,39)26-12-10-25(11-13-26)35-28(37)14-7-21-15-17-34-18-16-21/h1-18H,19-20H2,(H,35,37)/b14-7+. The van der Waals surface area contributed by atoms with Crippen LogP contribution in [0.4, 0.5) is 23.2 Å². The number of nitrogens with zero attached hydrogens (tertiary/aromatic N) is 2. The number of sulfonamides is 1. The molecule has 0 bridgehead atoms. The van der Waals surface area contributed by atoms with Gasteiger partial charge in [0.25, 0.3) is 0 Å². The van der Waals surface area contributed by atoms with Crippen molar-refractivity contribution < 1.29 is 35.5 Å². The molecule has 0 aliphatic rings. The number of pyridine rings is 1. The molecule has 7 nitrogen and oxygen atoms in total. The van der Waals surface area contributed by atoms with Crippen molar-refractivity contribution >= 4 is 27.7 Å². The van der Waals surface area contributed by atoms with Crippen molar-refractivity contribution in [2.24, 2.45) is 0 Å². The molecule has 41 heavy (non-hydrogen) atoms. The molecule has 1 amide bonds.